The van der Waals surface area contributed by atoms with Crippen molar-refractivity contribution in [2.24, 2.45) is 0 Å². The van der Waals surface area contributed by atoms with Crippen LogP contribution < -0.4 is 9.47 Å². The number of thioether (sulfide) groups is 2. The van der Waals surface area contributed by atoms with Crippen molar-refractivity contribution in [1.29, 1.82) is 0 Å². The van der Waals surface area contributed by atoms with Crippen LogP contribution in [0.25, 0.3) is 0 Å². The van der Waals surface area contributed by atoms with Crippen molar-refractivity contribution in [2.45, 2.75) is 34.2 Å². The predicted octanol–water partition coefficient (Wildman–Crippen LogP) is 5.66. The number of fused-ring (bicyclic) bond motifs is 1. The summed E-state index contributed by atoms with van der Waals surface area (Å²) in [5.41, 5.74) is 3.23. The van der Waals surface area contributed by atoms with Gasteiger partial charge in [0.05, 0.1) is 5.75 Å². The maximum absolute atomic E-state index is 12.4. The molecule has 1 aliphatic rings. The van der Waals surface area contributed by atoms with E-state index in [2.05, 4.69) is 48.3 Å². The number of hydrogen-bond acceptors (Lipinski definition) is 8. The lowest BCUT2D eigenvalue weighted by Gasteiger charge is -2.05. The normalized spacial score (nSPS) is 12.5. The number of hydrogen-bond donors (Lipinski definition) is 0. The molecule has 29 heavy (non-hydrogen) atoms. The fourth-order valence-electron chi connectivity index (χ4n) is 2.74. The zero-order valence-electron chi connectivity index (χ0n) is 16.1. The molecule has 0 spiro atoms. The summed E-state index contributed by atoms with van der Waals surface area (Å²) in [6.45, 7) is 4.60. The van der Waals surface area contributed by atoms with E-state index in [9.17, 15) is 4.79 Å². The molecule has 0 atom stereocenters. The molecule has 0 bridgehead atoms. The Kier molecular flexibility index (Phi) is 6.42. The predicted molar refractivity (Wildman–Crippen MR) is 118 cm³/mol. The van der Waals surface area contributed by atoms with Crippen molar-refractivity contribution in [3.8, 4) is 11.5 Å². The van der Waals surface area contributed by atoms with Gasteiger partial charge >= 0.3 is 0 Å². The third kappa shape index (κ3) is 5.12. The van der Waals surface area contributed by atoms with Gasteiger partial charge in [0.25, 0.3) is 0 Å². The molecule has 2 aromatic carbocycles. The first-order valence-corrected chi connectivity index (χ1v) is 12.0. The molecule has 2 heterocycles. The Hall–Kier alpha value is -2.03. The number of Topliss-reactive ketones (excluding diaryl/α,β-unsaturated/α-hetero) is 1. The van der Waals surface area contributed by atoms with Crippen molar-refractivity contribution >= 4 is 40.6 Å². The fraction of sp³-hybridized carbons (Fsp3) is 0.286. The van der Waals surface area contributed by atoms with Crippen molar-refractivity contribution in [3.63, 3.8) is 0 Å². The van der Waals surface area contributed by atoms with E-state index in [1.165, 1.54) is 34.2 Å². The van der Waals surface area contributed by atoms with Gasteiger partial charge < -0.3 is 9.47 Å². The minimum Gasteiger partial charge on any atom is -0.454 e. The van der Waals surface area contributed by atoms with Gasteiger partial charge in [-0.15, -0.1) is 10.2 Å². The number of aromatic nitrogens is 2. The molecule has 1 aliphatic heterocycles. The van der Waals surface area contributed by atoms with E-state index in [0.717, 1.165) is 14.4 Å². The number of carbonyl (C=O) groups is 1. The number of ketones is 1. The van der Waals surface area contributed by atoms with E-state index in [1.807, 2.05) is 0 Å². The average Bonchev–Trinajstić information content (AvgIpc) is 3.39. The average molecular weight is 445 g/mol. The largest absolute Gasteiger partial charge is 0.454 e. The highest BCUT2D eigenvalue weighted by molar-refractivity contribution is 8.03. The number of carbonyl (C=O) groups excluding carboxylic acids is 1. The standard InChI is InChI=1S/C21H20N2O3S3/c1-13(2)15-5-3-14(4-6-15)10-27-20-22-23-21(29-20)28-11-17(24)16-7-8-18-19(9-16)26-12-25-18/h3-9,13H,10-12H2,1-2H3. The first-order valence-electron chi connectivity index (χ1n) is 9.19. The Balaban J connectivity index is 1.28. The first-order chi connectivity index (χ1) is 14.1. The molecule has 4 rings (SSSR count). The van der Waals surface area contributed by atoms with Crippen LogP contribution in [0, 0.1) is 0 Å². The molecule has 150 valence electrons. The van der Waals surface area contributed by atoms with Gasteiger partial charge in [-0.25, -0.2) is 0 Å². The molecule has 0 fully saturated rings. The summed E-state index contributed by atoms with van der Waals surface area (Å²) in [4.78, 5) is 12.4. The minimum atomic E-state index is 0.0305. The van der Waals surface area contributed by atoms with Gasteiger partial charge in [-0.1, -0.05) is 73.0 Å². The van der Waals surface area contributed by atoms with E-state index >= 15 is 0 Å². The second kappa shape index (κ2) is 9.19. The molecule has 3 aromatic rings. The summed E-state index contributed by atoms with van der Waals surface area (Å²) in [6, 6.07) is 14.0. The van der Waals surface area contributed by atoms with Gasteiger partial charge in [-0.3, -0.25) is 4.79 Å². The monoisotopic (exact) mass is 444 g/mol. The third-order valence-corrected chi connectivity index (χ3v) is 7.68. The van der Waals surface area contributed by atoms with Gasteiger partial charge in [0.2, 0.25) is 6.79 Å². The molecule has 0 saturated heterocycles. The van der Waals surface area contributed by atoms with E-state index in [-0.39, 0.29) is 12.6 Å². The Bertz CT molecular complexity index is 1000. The van der Waals surface area contributed by atoms with Gasteiger partial charge in [-0.05, 0) is 35.2 Å². The summed E-state index contributed by atoms with van der Waals surface area (Å²) in [6.07, 6.45) is 0. The van der Waals surface area contributed by atoms with Crippen LogP contribution in [-0.2, 0) is 5.75 Å². The second-order valence-corrected chi connectivity index (χ2v) is 10.2. The highest BCUT2D eigenvalue weighted by Gasteiger charge is 2.17. The van der Waals surface area contributed by atoms with Crippen molar-refractivity contribution < 1.29 is 14.3 Å². The SMILES string of the molecule is CC(C)c1ccc(CSc2nnc(SCC(=O)c3ccc4c(c3)OCO4)s2)cc1. The van der Waals surface area contributed by atoms with Crippen LogP contribution in [0.3, 0.4) is 0 Å². The molecule has 8 heteroatoms. The van der Waals surface area contributed by atoms with E-state index in [4.69, 9.17) is 9.47 Å². The van der Waals surface area contributed by atoms with Crippen LogP contribution >= 0.6 is 34.9 Å². The minimum absolute atomic E-state index is 0.0305. The molecule has 0 unspecified atom stereocenters. The van der Waals surface area contributed by atoms with Gasteiger partial charge in [0.15, 0.2) is 26.0 Å². The highest BCUT2D eigenvalue weighted by atomic mass is 32.2. The zero-order valence-corrected chi connectivity index (χ0v) is 18.5. The van der Waals surface area contributed by atoms with Crippen LogP contribution in [0.15, 0.2) is 51.1 Å². The Labute approximate surface area is 182 Å². The van der Waals surface area contributed by atoms with Crippen LogP contribution in [0.1, 0.15) is 41.3 Å². The molecular formula is C21H20N2O3S3. The van der Waals surface area contributed by atoms with Gasteiger partial charge in [-0.2, -0.15) is 0 Å². The molecule has 0 N–H and O–H groups in total. The lowest BCUT2D eigenvalue weighted by atomic mass is 10.0. The summed E-state index contributed by atoms with van der Waals surface area (Å²) in [7, 11) is 0. The zero-order chi connectivity index (χ0) is 20.2. The number of rotatable bonds is 8. The maximum Gasteiger partial charge on any atom is 0.231 e. The number of nitrogens with zero attached hydrogens (tertiary/aromatic N) is 2. The lowest BCUT2D eigenvalue weighted by Crippen LogP contribution is -2.02. The lowest BCUT2D eigenvalue weighted by molar-refractivity contribution is 0.102. The summed E-state index contributed by atoms with van der Waals surface area (Å²) in [5.74, 6) is 3.04. The molecule has 5 nitrogen and oxygen atoms in total. The molecule has 0 saturated carbocycles. The van der Waals surface area contributed by atoms with E-state index in [0.29, 0.717) is 28.7 Å². The van der Waals surface area contributed by atoms with Crippen molar-refractivity contribution in [1.82, 2.24) is 10.2 Å². The Morgan fingerprint density at radius 1 is 1.03 bits per heavy atom. The summed E-state index contributed by atoms with van der Waals surface area (Å²) >= 11 is 4.61. The van der Waals surface area contributed by atoms with Gasteiger partial charge in [0.1, 0.15) is 0 Å². The van der Waals surface area contributed by atoms with Crippen molar-refractivity contribution in [3.05, 3.63) is 59.2 Å². The van der Waals surface area contributed by atoms with Crippen LogP contribution in [-0.4, -0.2) is 28.5 Å². The third-order valence-electron chi connectivity index (χ3n) is 4.42. The van der Waals surface area contributed by atoms with E-state index < -0.39 is 0 Å². The molecular weight excluding hydrogens is 424 g/mol. The van der Waals surface area contributed by atoms with Crippen LogP contribution in [0.5, 0.6) is 11.5 Å². The van der Waals surface area contributed by atoms with Crippen LogP contribution in [0.2, 0.25) is 0 Å². The summed E-state index contributed by atoms with van der Waals surface area (Å²) in [5, 5.41) is 8.44. The number of benzene rings is 2. The smallest absolute Gasteiger partial charge is 0.231 e. The van der Waals surface area contributed by atoms with E-state index in [1.54, 1.807) is 30.0 Å². The van der Waals surface area contributed by atoms with Crippen molar-refractivity contribution in [2.75, 3.05) is 12.5 Å². The van der Waals surface area contributed by atoms with Crippen LogP contribution in [0.4, 0.5) is 0 Å². The second-order valence-electron chi connectivity index (χ2n) is 6.80. The molecule has 0 amide bonds. The quantitative estimate of drug-likeness (QED) is 0.328. The number of ether oxygens (including phenoxy) is 2. The Morgan fingerprint density at radius 2 is 1.76 bits per heavy atom. The Morgan fingerprint density at radius 3 is 2.52 bits per heavy atom. The maximum atomic E-state index is 12.4. The fourth-order valence-corrected chi connectivity index (χ4v) is 5.61. The molecule has 0 radical (unpaired) electrons. The summed E-state index contributed by atoms with van der Waals surface area (Å²) < 4.78 is 12.3. The van der Waals surface area contributed by atoms with Gasteiger partial charge in [0, 0.05) is 11.3 Å². The first kappa shape index (κ1) is 20.3. The highest BCUT2D eigenvalue weighted by Crippen LogP contribution is 2.34. The topological polar surface area (TPSA) is 61.3 Å². The molecule has 0 aliphatic carbocycles. The molecule has 1 aromatic heterocycles.